The van der Waals surface area contributed by atoms with Crippen molar-refractivity contribution in [3.05, 3.63) is 10.3 Å². The zero-order valence-corrected chi connectivity index (χ0v) is 9.68. The van der Waals surface area contributed by atoms with E-state index in [1.54, 1.807) is 0 Å². The van der Waals surface area contributed by atoms with Gasteiger partial charge in [-0.15, -0.1) is 5.10 Å². The highest BCUT2D eigenvalue weighted by Crippen LogP contribution is 2.52. The highest BCUT2D eigenvalue weighted by Gasteiger charge is 2.43. The first-order chi connectivity index (χ1) is 6.80. The van der Waals surface area contributed by atoms with Crippen LogP contribution < -0.4 is 0 Å². The van der Waals surface area contributed by atoms with Gasteiger partial charge in [-0.05, 0) is 60.4 Å². The highest BCUT2D eigenvalue weighted by molar-refractivity contribution is 9.10. The van der Waals surface area contributed by atoms with Crippen LogP contribution in [-0.4, -0.2) is 15.4 Å². The summed E-state index contributed by atoms with van der Waals surface area (Å²) in [5, 5.41) is 11.0. The Balaban J connectivity index is 1.99. The number of nitrogens with one attached hydrogen (secondary N) is 1. The molecule has 3 nitrogen and oxygen atoms in total. The van der Waals surface area contributed by atoms with Crippen molar-refractivity contribution >= 4 is 15.9 Å². The van der Waals surface area contributed by atoms with E-state index in [4.69, 9.17) is 0 Å². The summed E-state index contributed by atoms with van der Waals surface area (Å²) in [6.45, 7) is 0. The van der Waals surface area contributed by atoms with E-state index in [9.17, 15) is 0 Å². The highest BCUT2D eigenvalue weighted by atomic mass is 79.9. The van der Waals surface area contributed by atoms with Crippen molar-refractivity contribution in [2.75, 3.05) is 0 Å². The van der Waals surface area contributed by atoms with Crippen molar-refractivity contribution in [1.29, 1.82) is 0 Å². The molecule has 3 aliphatic rings. The Hall–Kier alpha value is -0.380. The molecular formula is C10H14BrN3. The zero-order valence-electron chi connectivity index (χ0n) is 8.09. The van der Waals surface area contributed by atoms with Gasteiger partial charge in [0.15, 0.2) is 4.60 Å². The van der Waals surface area contributed by atoms with Crippen molar-refractivity contribution in [2.45, 2.75) is 43.9 Å². The maximum absolute atomic E-state index is 4.01. The maximum atomic E-state index is 4.01. The number of fused-ring (bicyclic) bond motifs is 3. The summed E-state index contributed by atoms with van der Waals surface area (Å²) in [6, 6.07) is 0. The second-order valence-electron chi connectivity index (χ2n) is 4.74. The number of aromatic nitrogens is 3. The second-order valence-corrected chi connectivity index (χ2v) is 5.49. The van der Waals surface area contributed by atoms with Gasteiger partial charge < -0.3 is 0 Å². The molecule has 1 aromatic heterocycles. The van der Waals surface area contributed by atoms with Crippen LogP contribution in [0.15, 0.2) is 4.60 Å². The van der Waals surface area contributed by atoms with E-state index in [1.165, 1.54) is 44.2 Å². The van der Waals surface area contributed by atoms with Crippen molar-refractivity contribution in [3.8, 4) is 0 Å². The topological polar surface area (TPSA) is 41.6 Å². The lowest BCUT2D eigenvalue weighted by Crippen LogP contribution is -2.38. The van der Waals surface area contributed by atoms with Crippen LogP contribution in [0.5, 0.6) is 0 Å². The van der Waals surface area contributed by atoms with Gasteiger partial charge in [0.25, 0.3) is 0 Å². The Morgan fingerprint density at radius 1 is 1.21 bits per heavy atom. The van der Waals surface area contributed by atoms with Gasteiger partial charge in [0.1, 0.15) is 0 Å². The number of H-pyrrole nitrogens is 1. The lowest BCUT2D eigenvalue weighted by Gasteiger charge is -2.45. The number of aromatic amines is 1. The summed E-state index contributed by atoms with van der Waals surface area (Å²) in [7, 11) is 0. The largest absolute Gasteiger partial charge is 0.261 e. The summed E-state index contributed by atoms with van der Waals surface area (Å²) in [5.74, 6) is 1.01. The maximum Gasteiger partial charge on any atom is 0.151 e. The summed E-state index contributed by atoms with van der Waals surface area (Å²) in [5.41, 5.74) is 1.62. The van der Waals surface area contributed by atoms with Crippen molar-refractivity contribution < 1.29 is 0 Å². The molecule has 2 bridgehead atoms. The van der Waals surface area contributed by atoms with E-state index in [1.807, 2.05) is 0 Å². The molecule has 0 atom stereocenters. The summed E-state index contributed by atoms with van der Waals surface area (Å²) < 4.78 is 0.929. The lowest BCUT2D eigenvalue weighted by atomic mass is 9.59. The molecule has 0 saturated heterocycles. The summed E-state index contributed by atoms with van der Waals surface area (Å²) in [6.07, 6.45) is 8.14. The Morgan fingerprint density at radius 2 is 1.86 bits per heavy atom. The fourth-order valence-electron chi connectivity index (χ4n) is 3.18. The molecule has 1 N–H and O–H groups in total. The molecule has 4 heteroatoms. The van der Waals surface area contributed by atoms with Crippen molar-refractivity contribution in [1.82, 2.24) is 15.4 Å². The van der Waals surface area contributed by atoms with Gasteiger partial charge >= 0.3 is 0 Å². The molecule has 3 fully saturated rings. The molecule has 4 rings (SSSR count). The number of hydrogen-bond acceptors (Lipinski definition) is 2. The molecule has 3 aliphatic carbocycles. The van der Waals surface area contributed by atoms with Crippen LogP contribution in [0.2, 0.25) is 0 Å². The smallest absolute Gasteiger partial charge is 0.151 e. The van der Waals surface area contributed by atoms with E-state index in [-0.39, 0.29) is 0 Å². The van der Waals surface area contributed by atoms with Crippen LogP contribution in [0.1, 0.15) is 44.2 Å². The summed E-state index contributed by atoms with van der Waals surface area (Å²) >= 11 is 3.49. The molecule has 1 heterocycles. The molecule has 0 aromatic carbocycles. The third kappa shape index (κ3) is 1.16. The first-order valence-electron chi connectivity index (χ1n) is 5.37. The van der Waals surface area contributed by atoms with Crippen molar-refractivity contribution in [3.63, 3.8) is 0 Å². The van der Waals surface area contributed by atoms with Crippen molar-refractivity contribution in [2.24, 2.45) is 5.92 Å². The van der Waals surface area contributed by atoms with Crippen LogP contribution in [0, 0.1) is 5.92 Å². The predicted octanol–water partition coefficient (Wildman–Crippen LogP) is 2.79. The summed E-state index contributed by atoms with van der Waals surface area (Å²) in [4.78, 5) is 0. The lowest BCUT2D eigenvalue weighted by molar-refractivity contribution is 0.131. The quantitative estimate of drug-likeness (QED) is 0.839. The third-order valence-corrected chi connectivity index (χ3v) is 4.68. The molecule has 0 radical (unpaired) electrons. The van der Waals surface area contributed by atoms with Crippen LogP contribution in [0.4, 0.5) is 0 Å². The Bertz CT molecular complexity index is 325. The average molecular weight is 256 g/mol. The minimum Gasteiger partial charge on any atom is -0.261 e. The van der Waals surface area contributed by atoms with Crippen LogP contribution >= 0.6 is 15.9 Å². The number of nitrogens with zero attached hydrogens (tertiary/aromatic N) is 2. The molecule has 3 saturated carbocycles. The second kappa shape index (κ2) is 3.05. The van der Waals surface area contributed by atoms with Crippen LogP contribution in [0.3, 0.4) is 0 Å². The fraction of sp³-hybridized carbons (Fsp3) is 0.800. The molecule has 0 unspecified atom stereocenters. The number of hydrogen-bond donors (Lipinski definition) is 1. The minimum atomic E-state index is 0.372. The van der Waals surface area contributed by atoms with E-state index < -0.39 is 0 Å². The SMILES string of the molecule is Brc1nn[nH]c1C12CCC(CC1)CC2. The molecular weight excluding hydrogens is 242 g/mol. The Labute approximate surface area is 91.8 Å². The molecule has 76 valence electrons. The molecule has 14 heavy (non-hydrogen) atoms. The predicted molar refractivity (Wildman–Crippen MR) is 57.0 cm³/mol. The van der Waals surface area contributed by atoms with Gasteiger partial charge in [0.05, 0.1) is 5.69 Å². The molecule has 1 aromatic rings. The Morgan fingerprint density at radius 3 is 2.36 bits per heavy atom. The molecule has 0 spiro atoms. The van der Waals surface area contributed by atoms with Gasteiger partial charge in [-0.1, -0.05) is 5.21 Å². The Kier molecular flexibility index (Phi) is 1.94. The zero-order chi connectivity index (χ0) is 9.60. The van der Waals surface area contributed by atoms with Crippen LogP contribution in [-0.2, 0) is 5.41 Å². The molecule has 0 aliphatic heterocycles. The monoisotopic (exact) mass is 255 g/mol. The van der Waals surface area contributed by atoms with Gasteiger partial charge in [-0.2, -0.15) is 0 Å². The number of halogens is 1. The van der Waals surface area contributed by atoms with E-state index >= 15 is 0 Å². The van der Waals surface area contributed by atoms with Gasteiger partial charge in [0.2, 0.25) is 0 Å². The van der Waals surface area contributed by atoms with Crippen LogP contribution in [0.25, 0.3) is 0 Å². The van der Waals surface area contributed by atoms with Gasteiger partial charge in [-0.25, -0.2) is 0 Å². The van der Waals surface area contributed by atoms with E-state index in [0.29, 0.717) is 5.41 Å². The number of rotatable bonds is 1. The first kappa shape index (κ1) is 8.89. The fourth-order valence-corrected chi connectivity index (χ4v) is 3.77. The first-order valence-corrected chi connectivity index (χ1v) is 6.16. The van der Waals surface area contributed by atoms with Gasteiger partial charge in [-0.3, -0.25) is 5.10 Å². The minimum absolute atomic E-state index is 0.372. The molecule has 0 amide bonds. The average Bonchev–Trinajstić information content (AvgIpc) is 2.68. The van der Waals surface area contributed by atoms with E-state index in [0.717, 1.165) is 10.5 Å². The third-order valence-electron chi connectivity index (χ3n) is 4.13. The van der Waals surface area contributed by atoms with Gasteiger partial charge in [0, 0.05) is 5.41 Å². The standard InChI is InChI=1S/C10H14BrN3/c11-9-8(12-14-13-9)10-4-1-7(2-5-10)3-6-10/h7H,1-6H2,(H,12,13,14). The normalized spacial score (nSPS) is 36.2. The van der Waals surface area contributed by atoms with E-state index in [2.05, 4.69) is 31.3 Å².